The summed E-state index contributed by atoms with van der Waals surface area (Å²) in [6.07, 6.45) is 0. The van der Waals surface area contributed by atoms with E-state index in [-0.39, 0.29) is 11.7 Å². The van der Waals surface area contributed by atoms with Crippen LogP contribution in [0, 0.1) is 18.8 Å². The largest absolute Gasteiger partial charge is 0.494 e. The monoisotopic (exact) mass is 372 g/mol. The van der Waals surface area contributed by atoms with Gasteiger partial charge in [-0.25, -0.2) is 0 Å². The second-order valence-corrected chi connectivity index (χ2v) is 6.71. The van der Waals surface area contributed by atoms with E-state index in [2.05, 4.69) is 16.9 Å². The summed E-state index contributed by atoms with van der Waals surface area (Å²) in [5.41, 5.74) is 4.29. The molecule has 0 radical (unpaired) electrons. The Hall–Kier alpha value is -3.32. The summed E-state index contributed by atoms with van der Waals surface area (Å²) < 4.78 is 7.08. The van der Waals surface area contributed by atoms with Crippen molar-refractivity contribution in [3.63, 3.8) is 0 Å². The summed E-state index contributed by atoms with van der Waals surface area (Å²) in [5.74, 6) is 7.00. The van der Waals surface area contributed by atoms with Crippen molar-refractivity contribution in [2.45, 2.75) is 26.7 Å². The van der Waals surface area contributed by atoms with E-state index in [0.29, 0.717) is 12.3 Å². The number of nitrogens with zero attached hydrogens (tertiary/aromatic N) is 2. The van der Waals surface area contributed by atoms with Gasteiger partial charge in [0.05, 0.1) is 12.3 Å². The predicted octanol–water partition coefficient (Wildman–Crippen LogP) is 4.51. The summed E-state index contributed by atoms with van der Waals surface area (Å²) in [5, 5.41) is 4.26. The highest BCUT2D eigenvalue weighted by molar-refractivity contribution is 5.99. The van der Waals surface area contributed by atoms with Gasteiger partial charge in [0.25, 0.3) is 0 Å². The van der Waals surface area contributed by atoms with E-state index in [4.69, 9.17) is 4.74 Å². The number of aryl methyl sites for hydroxylation is 2. The molecule has 28 heavy (non-hydrogen) atoms. The van der Waals surface area contributed by atoms with Crippen molar-refractivity contribution in [3.8, 4) is 17.6 Å². The van der Waals surface area contributed by atoms with E-state index >= 15 is 0 Å². The molecule has 0 aliphatic heterocycles. The lowest BCUT2D eigenvalue weighted by atomic mass is 9.94. The fourth-order valence-corrected chi connectivity index (χ4v) is 3.02. The molecule has 4 nitrogen and oxygen atoms in total. The second kappa shape index (κ2) is 8.58. The summed E-state index contributed by atoms with van der Waals surface area (Å²) in [6, 6.07) is 17.4. The van der Waals surface area contributed by atoms with Crippen LogP contribution in [0.25, 0.3) is 0 Å². The van der Waals surface area contributed by atoms with Crippen LogP contribution in [0.4, 0.5) is 0 Å². The minimum absolute atomic E-state index is 0.0660. The number of carbonyl (C=O) groups excluding carboxylic acids is 1. The Kier molecular flexibility index (Phi) is 5.96. The first-order chi connectivity index (χ1) is 13.5. The maximum Gasteiger partial charge on any atom is 0.187 e. The highest BCUT2D eigenvalue weighted by Crippen LogP contribution is 2.21. The van der Waals surface area contributed by atoms with Gasteiger partial charge in [0, 0.05) is 24.1 Å². The highest BCUT2D eigenvalue weighted by Gasteiger charge is 2.20. The van der Waals surface area contributed by atoms with Crippen LogP contribution in [-0.2, 0) is 7.05 Å². The molecule has 0 N–H and O–H groups in total. The fraction of sp³-hybridized carbons (Fsp3) is 0.250. The van der Waals surface area contributed by atoms with Gasteiger partial charge in [-0.3, -0.25) is 9.48 Å². The van der Waals surface area contributed by atoms with Crippen molar-refractivity contribution in [1.82, 2.24) is 9.78 Å². The van der Waals surface area contributed by atoms with Crippen molar-refractivity contribution in [3.05, 3.63) is 82.7 Å². The molecule has 3 aromatic rings. The summed E-state index contributed by atoms with van der Waals surface area (Å²) in [6.45, 7) is 6.42. The van der Waals surface area contributed by atoms with Crippen LogP contribution in [0.2, 0.25) is 0 Å². The molecule has 1 atom stereocenters. The molecule has 1 unspecified atom stereocenters. The maximum atomic E-state index is 12.7. The Morgan fingerprint density at radius 1 is 1.07 bits per heavy atom. The second-order valence-electron chi connectivity index (χ2n) is 6.71. The van der Waals surface area contributed by atoms with Gasteiger partial charge < -0.3 is 4.74 Å². The molecule has 1 aromatic heterocycles. The van der Waals surface area contributed by atoms with E-state index < -0.39 is 0 Å². The molecule has 0 saturated carbocycles. The van der Waals surface area contributed by atoms with Crippen molar-refractivity contribution >= 4 is 5.78 Å². The third-order valence-corrected chi connectivity index (χ3v) is 4.57. The van der Waals surface area contributed by atoms with Gasteiger partial charge in [0.2, 0.25) is 0 Å². The first-order valence-corrected chi connectivity index (χ1v) is 9.37. The Morgan fingerprint density at radius 3 is 2.14 bits per heavy atom. The minimum Gasteiger partial charge on any atom is -0.494 e. The molecule has 0 fully saturated rings. The number of hydrogen-bond donors (Lipinski definition) is 0. The van der Waals surface area contributed by atoms with Crippen LogP contribution in [0.3, 0.4) is 0 Å². The third-order valence-electron chi connectivity index (χ3n) is 4.57. The first kappa shape index (κ1) is 19.4. The van der Waals surface area contributed by atoms with Gasteiger partial charge in [-0.2, -0.15) is 5.10 Å². The molecule has 142 valence electrons. The van der Waals surface area contributed by atoms with Gasteiger partial charge in [0.1, 0.15) is 11.4 Å². The number of aromatic nitrogens is 2. The number of Topliss-reactive ketones (excluding diaryl/α,β-unsaturated/α-hetero) is 1. The number of benzene rings is 2. The van der Waals surface area contributed by atoms with E-state index in [1.807, 2.05) is 75.4 Å². The molecular weight excluding hydrogens is 348 g/mol. The summed E-state index contributed by atoms with van der Waals surface area (Å²) >= 11 is 0. The van der Waals surface area contributed by atoms with Crippen LogP contribution < -0.4 is 4.74 Å². The zero-order valence-corrected chi connectivity index (χ0v) is 16.7. The normalized spacial score (nSPS) is 11.4. The Morgan fingerprint density at radius 2 is 1.64 bits per heavy atom. The van der Waals surface area contributed by atoms with Crippen molar-refractivity contribution in [2.24, 2.45) is 7.05 Å². The van der Waals surface area contributed by atoms with E-state index in [9.17, 15) is 4.79 Å². The predicted molar refractivity (Wildman–Crippen MR) is 111 cm³/mol. The number of hydrogen-bond acceptors (Lipinski definition) is 3. The Labute approximate surface area is 166 Å². The molecule has 0 aliphatic rings. The lowest BCUT2D eigenvalue weighted by Gasteiger charge is -2.11. The summed E-state index contributed by atoms with van der Waals surface area (Å²) in [4.78, 5) is 12.7. The topological polar surface area (TPSA) is 44.1 Å². The number of carbonyl (C=O) groups is 1. The van der Waals surface area contributed by atoms with E-state index in [1.165, 1.54) is 0 Å². The lowest BCUT2D eigenvalue weighted by molar-refractivity contribution is 0.0957. The van der Waals surface area contributed by atoms with Gasteiger partial charge in [-0.05, 0) is 61.9 Å². The molecule has 0 amide bonds. The zero-order valence-electron chi connectivity index (χ0n) is 16.7. The van der Waals surface area contributed by atoms with Gasteiger partial charge in [-0.15, -0.1) is 0 Å². The SMILES string of the molecule is CCOc1ccc(C#Cc2ccc(C(C)C(=O)c3cc(C)nn3C)cc2)cc1. The molecule has 0 aliphatic carbocycles. The molecule has 4 heteroatoms. The van der Waals surface area contributed by atoms with Crippen LogP contribution >= 0.6 is 0 Å². The molecule has 3 rings (SSSR count). The van der Waals surface area contributed by atoms with Crippen LogP contribution in [0.15, 0.2) is 54.6 Å². The van der Waals surface area contributed by atoms with Gasteiger partial charge in [-0.1, -0.05) is 30.9 Å². The van der Waals surface area contributed by atoms with Gasteiger partial charge in [0.15, 0.2) is 5.78 Å². The van der Waals surface area contributed by atoms with E-state index in [1.54, 1.807) is 11.7 Å². The highest BCUT2D eigenvalue weighted by atomic mass is 16.5. The molecule has 1 heterocycles. The molecule has 2 aromatic carbocycles. The van der Waals surface area contributed by atoms with Gasteiger partial charge >= 0.3 is 0 Å². The smallest absolute Gasteiger partial charge is 0.187 e. The first-order valence-electron chi connectivity index (χ1n) is 9.37. The average molecular weight is 372 g/mol. The molecule has 0 spiro atoms. The van der Waals surface area contributed by atoms with E-state index in [0.717, 1.165) is 28.1 Å². The molecule has 0 bridgehead atoms. The van der Waals surface area contributed by atoms with Crippen molar-refractivity contribution in [2.75, 3.05) is 6.61 Å². The third kappa shape index (κ3) is 4.50. The minimum atomic E-state index is -0.233. The number of rotatable bonds is 5. The van der Waals surface area contributed by atoms with Crippen LogP contribution in [0.5, 0.6) is 5.75 Å². The quantitative estimate of drug-likeness (QED) is 0.489. The van der Waals surface area contributed by atoms with Crippen molar-refractivity contribution in [1.29, 1.82) is 0 Å². The molecule has 0 saturated heterocycles. The average Bonchev–Trinajstić information content (AvgIpc) is 3.05. The standard InChI is InChI=1S/C24H24N2O2/c1-5-28-22-14-10-20(11-15-22)7-6-19-8-12-21(13-9-19)18(3)24(27)23-16-17(2)25-26(23)4/h8-16,18H,5H2,1-4H3. The van der Waals surface area contributed by atoms with Crippen LogP contribution in [0.1, 0.15) is 52.6 Å². The molecular formula is C24H24N2O2. The van der Waals surface area contributed by atoms with Crippen LogP contribution in [-0.4, -0.2) is 22.2 Å². The Balaban J connectivity index is 1.71. The maximum absolute atomic E-state index is 12.7. The number of ether oxygens (including phenoxy) is 1. The fourth-order valence-electron chi connectivity index (χ4n) is 3.02. The number of ketones is 1. The Bertz CT molecular complexity index is 1020. The zero-order chi connectivity index (χ0) is 20.1. The summed E-state index contributed by atoms with van der Waals surface area (Å²) in [7, 11) is 1.80. The lowest BCUT2D eigenvalue weighted by Crippen LogP contribution is -2.14. The van der Waals surface area contributed by atoms with Crippen molar-refractivity contribution < 1.29 is 9.53 Å².